The van der Waals surface area contributed by atoms with Crippen LogP contribution >= 0.6 is 0 Å². The quantitative estimate of drug-likeness (QED) is 0.885. The molecule has 1 aliphatic rings. The van der Waals surface area contributed by atoms with E-state index in [1.165, 1.54) is 5.56 Å². The largest absolute Gasteiger partial charge is 0.493 e. The number of fused-ring (bicyclic) bond motifs is 1. The molecule has 0 saturated carbocycles. The highest BCUT2D eigenvalue weighted by atomic mass is 16.3. The van der Waals surface area contributed by atoms with Gasteiger partial charge in [-0.1, -0.05) is 30.3 Å². The SMILES string of the molecule is Oc1nc(O)c2c(n1)CCN(CCc1ccccc1)C2. The lowest BCUT2D eigenvalue weighted by Gasteiger charge is -2.28. The Morgan fingerprint density at radius 1 is 1.10 bits per heavy atom. The molecule has 2 N–H and O–H groups in total. The van der Waals surface area contributed by atoms with Gasteiger partial charge in [-0.3, -0.25) is 4.90 Å². The maximum Gasteiger partial charge on any atom is 0.317 e. The molecular formula is C15H17N3O2. The number of hydrogen-bond acceptors (Lipinski definition) is 5. The summed E-state index contributed by atoms with van der Waals surface area (Å²) >= 11 is 0. The molecule has 3 rings (SSSR count). The van der Waals surface area contributed by atoms with Gasteiger partial charge in [0, 0.05) is 31.6 Å². The monoisotopic (exact) mass is 271 g/mol. The topological polar surface area (TPSA) is 69.5 Å². The third kappa shape index (κ3) is 2.72. The molecule has 0 saturated heterocycles. The van der Waals surface area contributed by atoms with Gasteiger partial charge in [-0.25, -0.2) is 0 Å². The van der Waals surface area contributed by atoms with Crippen LogP contribution in [0.25, 0.3) is 0 Å². The van der Waals surface area contributed by atoms with E-state index >= 15 is 0 Å². The van der Waals surface area contributed by atoms with Crippen LogP contribution in [0.5, 0.6) is 11.9 Å². The summed E-state index contributed by atoms with van der Waals surface area (Å²) in [6.45, 7) is 2.45. The van der Waals surface area contributed by atoms with E-state index in [4.69, 9.17) is 0 Å². The van der Waals surface area contributed by atoms with E-state index in [1.54, 1.807) is 0 Å². The van der Waals surface area contributed by atoms with E-state index < -0.39 is 0 Å². The summed E-state index contributed by atoms with van der Waals surface area (Å²) in [5.74, 6) is -0.100. The minimum Gasteiger partial charge on any atom is -0.493 e. The normalized spacial score (nSPS) is 15.0. The van der Waals surface area contributed by atoms with Crippen LogP contribution in [-0.2, 0) is 19.4 Å². The van der Waals surface area contributed by atoms with Crippen molar-refractivity contribution < 1.29 is 10.2 Å². The molecule has 0 unspecified atom stereocenters. The Balaban J connectivity index is 1.67. The van der Waals surface area contributed by atoms with Crippen LogP contribution in [-0.4, -0.2) is 38.2 Å². The highest BCUT2D eigenvalue weighted by Gasteiger charge is 2.22. The van der Waals surface area contributed by atoms with E-state index in [2.05, 4.69) is 27.0 Å². The summed E-state index contributed by atoms with van der Waals surface area (Å²) < 4.78 is 0. The first-order valence-corrected chi connectivity index (χ1v) is 6.76. The van der Waals surface area contributed by atoms with Crippen LogP contribution in [0.4, 0.5) is 0 Å². The molecule has 0 spiro atoms. The molecule has 5 heteroatoms. The van der Waals surface area contributed by atoms with Crippen molar-refractivity contribution in [2.75, 3.05) is 13.1 Å². The lowest BCUT2D eigenvalue weighted by Crippen LogP contribution is -2.33. The summed E-state index contributed by atoms with van der Waals surface area (Å²) in [5, 5.41) is 19.1. The molecular weight excluding hydrogens is 254 g/mol. The molecule has 1 aromatic heterocycles. The summed E-state index contributed by atoms with van der Waals surface area (Å²) in [6, 6.07) is 10.0. The number of rotatable bonds is 3. The third-order valence-corrected chi connectivity index (χ3v) is 3.67. The lowest BCUT2D eigenvalue weighted by atomic mass is 10.1. The minimum absolute atomic E-state index is 0.100. The number of nitrogens with zero attached hydrogens (tertiary/aromatic N) is 3. The Kier molecular flexibility index (Phi) is 3.52. The van der Waals surface area contributed by atoms with Crippen molar-refractivity contribution in [1.29, 1.82) is 0 Å². The summed E-state index contributed by atoms with van der Waals surface area (Å²) in [7, 11) is 0. The maximum atomic E-state index is 9.80. The Morgan fingerprint density at radius 2 is 1.90 bits per heavy atom. The van der Waals surface area contributed by atoms with Crippen molar-refractivity contribution in [3.05, 3.63) is 47.2 Å². The van der Waals surface area contributed by atoms with Gasteiger partial charge in [0.05, 0.1) is 5.69 Å². The summed E-state index contributed by atoms with van der Waals surface area (Å²) in [6.07, 6.45) is 1.71. The standard InChI is InChI=1S/C15H17N3O2/c19-14-12-10-18(8-6-11-4-2-1-3-5-11)9-7-13(12)16-15(20)17-14/h1-5H,6-10H2,(H2,16,17,19,20). The zero-order valence-electron chi connectivity index (χ0n) is 11.2. The summed E-state index contributed by atoms with van der Waals surface area (Å²) in [5.41, 5.74) is 2.80. The predicted molar refractivity (Wildman–Crippen MR) is 74.5 cm³/mol. The molecule has 1 aliphatic heterocycles. The van der Waals surface area contributed by atoms with Gasteiger partial charge in [-0.05, 0) is 12.0 Å². The Hall–Kier alpha value is -2.14. The Bertz CT molecular complexity index is 602. The zero-order chi connectivity index (χ0) is 13.9. The minimum atomic E-state index is -0.348. The fraction of sp³-hybridized carbons (Fsp3) is 0.333. The van der Waals surface area contributed by atoms with Crippen LogP contribution in [0.1, 0.15) is 16.8 Å². The molecule has 2 heterocycles. The first-order valence-electron chi connectivity index (χ1n) is 6.76. The smallest absolute Gasteiger partial charge is 0.317 e. The van der Waals surface area contributed by atoms with Crippen molar-refractivity contribution in [3.8, 4) is 11.9 Å². The van der Waals surface area contributed by atoms with Crippen molar-refractivity contribution in [2.45, 2.75) is 19.4 Å². The van der Waals surface area contributed by atoms with Crippen LogP contribution in [0.15, 0.2) is 30.3 Å². The van der Waals surface area contributed by atoms with E-state index in [0.29, 0.717) is 6.54 Å². The zero-order valence-corrected chi connectivity index (χ0v) is 11.2. The highest BCUT2D eigenvalue weighted by molar-refractivity contribution is 5.32. The van der Waals surface area contributed by atoms with Gasteiger partial charge in [0.1, 0.15) is 0 Å². The number of aromatic hydroxyl groups is 2. The molecule has 1 aromatic carbocycles. The van der Waals surface area contributed by atoms with Crippen LogP contribution < -0.4 is 0 Å². The van der Waals surface area contributed by atoms with E-state index in [9.17, 15) is 10.2 Å². The molecule has 0 atom stereocenters. The van der Waals surface area contributed by atoms with Gasteiger partial charge in [0.2, 0.25) is 5.88 Å². The fourth-order valence-electron chi connectivity index (χ4n) is 2.56. The van der Waals surface area contributed by atoms with Crippen molar-refractivity contribution in [2.24, 2.45) is 0 Å². The number of benzene rings is 1. The average molecular weight is 271 g/mol. The highest BCUT2D eigenvalue weighted by Crippen LogP contribution is 2.26. The molecule has 0 bridgehead atoms. The second kappa shape index (κ2) is 5.46. The van der Waals surface area contributed by atoms with E-state index in [-0.39, 0.29) is 11.9 Å². The first-order chi connectivity index (χ1) is 9.72. The molecule has 0 aliphatic carbocycles. The second-order valence-corrected chi connectivity index (χ2v) is 5.03. The van der Waals surface area contributed by atoms with Crippen LogP contribution in [0, 0.1) is 0 Å². The lowest BCUT2D eigenvalue weighted by molar-refractivity contribution is 0.246. The van der Waals surface area contributed by atoms with Gasteiger partial charge in [-0.2, -0.15) is 9.97 Å². The van der Waals surface area contributed by atoms with Crippen LogP contribution in [0.2, 0.25) is 0 Å². The van der Waals surface area contributed by atoms with Gasteiger partial charge in [0.25, 0.3) is 0 Å². The molecule has 5 nitrogen and oxygen atoms in total. The number of aromatic nitrogens is 2. The van der Waals surface area contributed by atoms with Crippen molar-refractivity contribution >= 4 is 0 Å². The molecule has 0 amide bonds. The fourth-order valence-corrected chi connectivity index (χ4v) is 2.56. The van der Waals surface area contributed by atoms with Crippen LogP contribution in [0.3, 0.4) is 0 Å². The Morgan fingerprint density at radius 3 is 2.70 bits per heavy atom. The molecule has 104 valence electrons. The Labute approximate surface area is 117 Å². The predicted octanol–water partition coefficient (Wildman–Crippen LogP) is 1.49. The molecule has 2 aromatic rings. The molecule has 20 heavy (non-hydrogen) atoms. The number of hydrogen-bond donors (Lipinski definition) is 2. The van der Waals surface area contributed by atoms with Crippen molar-refractivity contribution in [1.82, 2.24) is 14.9 Å². The van der Waals surface area contributed by atoms with Gasteiger partial charge >= 0.3 is 6.01 Å². The van der Waals surface area contributed by atoms with Gasteiger partial charge in [0.15, 0.2) is 0 Å². The molecule has 0 fully saturated rings. The van der Waals surface area contributed by atoms with E-state index in [0.717, 1.165) is 37.2 Å². The maximum absolute atomic E-state index is 9.80. The first kappa shape index (κ1) is 12.9. The second-order valence-electron chi connectivity index (χ2n) is 5.03. The summed E-state index contributed by atoms with van der Waals surface area (Å²) in [4.78, 5) is 9.87. The van der Waals surface area contributed by atoms with E-state index in [1.807, 2.05) is 18.2 Å². The third-order valence-electron chi connectivity index (χ3n) is 3.67. The van der Waals surface area contributed by atoms with Gasteiger partial charge in [-0.15, -0.1) is 0 Å². The van der Waals surface area contributed by atoms with Crippen molar-refractivity contribution in [3.63, 3.8) is 0 Å². The molecule has 0 radical (unpaired) electrons. The van der Waals surface area contributed by atoms with Gasteiger partial charge < -0.3 is 10.2 Å². The average Bonchev–Trinajstić information content (AvgIpc) is 2.46.